The summed E-state index contributed by atoms with van der Waals surface area (Å²) in [6.45, 7) is 0. The maximum Gasteiger partial charge on any atom is 0.270 e. The molecule has 0 bridgehead atoms. The van der Waals surface area contributed by atoms with E-state index >= 15 is 0 Å². The molecule has 0 aliphatic heterocycles. The first-order valence-electron chi connectivity index (χ1n) is 7.27. The summed E-state index contributed by atoms with van der Waals surface area (Å²) in [5.41, 5.74) is 0.794. The van der Waals surface area contributed by atoms with E-state index < -0.39 is 4.92 Å². The molecule has 7 heteroatoms. The van der Waals surface area contributed by atoms with Gasteiger partial charge >= 0.3 is 0 Å². The van der Waals surface area contributed by atoms with Gasteiger partial charge in [-0.25, -0.2) is 0 Å². The van der Waals surface area contributed by atoms with Crippen LogP contribution >= 0.6 is 0 Å². The second-order valence-corrected chi connectivity index (χ2v) is 4.93. The molecule has 0 aromatic heterocycles. The molecule has 0 unspecified atom stereocenters. The fraction of sp³-hybridized carbons (Fsp3) is 0.167. The van der Waals surface area contributed by atoms with Crippen LogP contribution in [-0.4, -0.2) is 32.0 Å². The van der Waals surface area contributed by atoms with Crippen molar-refractivity contribution in [2.24, 2.45) is 0 Å². The Labute approximate surface area is 144 Å². The highest BCUT2D eigenvalue weighted by atomic mass is 16.6. The molecule has 0 aliphatic rings. The van der Waals surface area contributed by atoms with Gasteiger partial charge in [-0.15, -0.1) is 0 Å². The van der Waals surface area contributed by atoms with Gasteiger partial charge in [0.15, 0.2) is 17.3 Å². The van der Waals surface area contributed by atoms with E-state index in [4.69, 9.17) is 14.2 Å². The third-order valence-electron chi connectivity index (χ3n) is 3.48. The number of nitrogens with zero attached hydrogens (tertiary/aromatic N) is 1. The number of hydrogen-bond acceptors (Lipinski definition) is 6. The molecular weight excluding hydrogens is 326 g/mol. The Morgan fingerprint density at radius 1 is 1.04 bits per heavy atom. The van der Waals surface area contributed by atoms with Gasteiger partial charge in [0, 0.05) is 12.1 Å². The number of allylic oxidation sites excluding steroid dienone is 1. The van der Waals surface area contributed by atoms with Crippen molar-refractivity contribution >= 4 is 17.5 Å². The van der Waals surface area contributed by atoms with Gasteiger partial charge in [0.1, 0.15) is 0 Å². The number of non-ortho nitro benzene ring substituents is 1. The molecule has 0 amide bonds. The molecule has 0 heterocycles. The summed E-state index contributed by atoms with van der Waals surface area (Å²) < 4.78 is 15.7. The summed E-state index contributed by atoms with van der Waals surface area (Å²) in [5.74, 6) is 0.693. The molecule has 2 rings (SSSR count). The highest BCUT2D eigenvalue weighted by Gasteiger charge is 2.19. The predicted molar refractivity (Wildman–Crippen MR) is 92.6 cm³/mol. The lowest BCUT2D eigenvalue weighted by molar-refractivity contribution is -0.384. The molecule has 7 nitrogen and oxygen atoms in total. The van der Waals surface area contributed by atoms with Crippen LogP contribution in [0.3, 0.4) is 0 Å². The van der Waals surface area contributed by atoms with Crippen LogP contribution < -0.4 is 14.2 Å². The molecule has 0 saturated carbocycles. The van der Waals surface area contributed by atoms with E-state index in [0.29, 0.717) is 22.6 Å². The van der Waals surface area contributed by atoms with E-state index in [1.165, 1.54) is 45.6 Å². The number of methoxy groups -OCH3 is 3. The summed E-state index contributed by atoms with van der Waals surface area (Å²) in [7, 11) is 4.37. The van der Waals surface area contributed by atoms with Crippen LogP contribution in [0.15, 0.2) is 42.5 Å². The van der Waals surface area contributed by atoms with Crippen LogP contribution in [0.2, 0.25) is 0 Å². The van der Waals surface area contributed by atoms with Gasteiger partial charge in [-0.05, 0) is 23.8 Å². The Morgan fingerprint density at radius 2 is 1.76 bits per heavy atom. The van der Waals surface area contributed by atoms with Crippen LogP contribution in [0.1, 0.15) is 15.9 Å². The van der Waals surface area contributed by atoms with Crippen LogP contribution in [0, 0.1) is 10.1 Å². The molecule has 0 spiro atoms. The van der Waals surface area contributed by atoms with Crippen LogP contribution in [0.25, 0.3) is 6.08 Å². The second kappa shape index (κ2) is 7.96. The quantitative estimate of drug-likeness (QED) is 0.331. The van der Waals surface area contributed by atoms with Crippen molar-refractivity contribution in [3.8, 4) is 17.2 Å². The van der Waals surface area contributed by atoms with Crippen LogP contribution in [-0.2, 0) is 0 Å². The maximum atomic E-state index is 12.5. The molecule has 130 valence electrons. The van der Waals surface area contributed by atoms with Crippen molar-refractivity contribution in [2.45, 2.75) is 0 Å². The number of hydrogen-bond donors (Lipinski definition) is 0. The third-order valence-corrected chi connectivity index (χ3v) is 3.48. The smallest absolute Gasteiger partial charge is 0.270 e. The highest BCUT2D eigenvalue weighted by molar-refractivity contribution is 6.09. The summed E-state index contributed by atoms with van der Waals surface area (Å²) in [5, 5.41) is 10.8. The number of rotatable bonds is 7. The molecule has 2 aromatic carbocycles. The summed E-state index contributed by atoms with van der Waals surface area (Å²) in [6.07, 6.45) is 2.83. The summed E-state index contributed by atoms with van der Waals surface area (Å²) >= 11 is 0. The summed E-state index contributed by atoms with van der Waals surface area (Å²) in [6, 6.07) is 9.17. The van der Waals surface area contributed by atoms with Crippen molar-refractivity contribution in [2.75, 3.05) is 21.3 Å². The largest absolute Gasteiger partial charge is 0.493 e. The van der Waals surface area contributed by atoms with Gasteiger partial charge in [-0.1, -0.05) is 18.2 Å². The number of carbonyl (C=O) groups excluding carboxylic acids is 1. The Bertz CT molecular complexity index is 828. The van der Waals surface area contributed by atoms with Gasteiger partial charge in [0.25, 0.3) is 5.69 Å². The lowest BCUT2D eigenvalue weighted by atomic mass is 10.1. The van der Waals surface area contributed by atoms with Gasteiger partial charge in [-0.3, -0.25) is 14.9 Å². The zero-order valence-electron chi connectivity index (χ0n) is 14.0. The number of ether oxygens (including phenoxy) is 3. The molecule has 0 fully saturated rings. The molecule has 25 heavy (non-hydrogen) atoms. The Hall–Kier alpha value is -3.35. The lowest BCUT2D eigenvalue weighted by Gasteiger charge is -2.14. The van der Waals surface area contributed by atoms with Gasteiger partial charge in [0.2, 0.25) is 5.75 Å². The van der Waals surface area contributed by atoms with Gasteiger partial charge in [-0.2, -0.15) is 0 Å². The maximum absolute atomic E-state index is 12.5. The number of nitro benzene ring substituents is 1. The average Bonchev–Trinajstić information content (AvgIpc) is 2.64. The standard InChI is InChI=1S/C18H17NO6/c1-23-16-10-8-14(17(24-2)18(16)25-3)15(20)9-7-12-5-4-6-13(11-12)19(21)22/h4-11H,1-3H3. The molecule has 0 atom stereocenters. The first-order chi connectivity index (χ1) is 12.0. The number of nitro groups is 1. The molecule has 0 saturated heterocycles. The summed E-state index contributed by atoms with van der Waals surface area (Å²) in [4.78, 5) is 22.8. The molecule has 2 aromatic rings. The molecule has 0 radical (unpaired) electrons. The zero-order valence-corrected chi connectivity index (χ0v) is 14.0. The zero-order chi connectivity index (χ0) is 18.4. The normalized spacial score (nSPS) is 10.5. The Balaban J connectivity index is 2.35. The van der Waals surface area contributed by atoms with Crippen molar-refractivity contribution in [3.05, 3.63) is 63.7 Å². The van der Waals surface area contributed by atoms with E-state index in [-0.39, 0.29) is 17.2 Å². The molecular formula is C18H17NO6. The fourth-order valence-electron chi connectivity index (χ4n) is 2.30. The predicted octanol–water partition coefficient (Wildman–Crippen LogP) is 3.52. The third kappa shape index (κ3) is 3.95. The first kappa shape index (κ1) is 18.0. The average molecular weight is 343 g/mol. The Morgan fingerprint density at radius 3 is 2.36 bits per heavy atom. The van der Waals surface area contributed by atoms with E-state index in [0.717, 1.165) is 0 Å². The first-order valence-corrected chi connectivity index (χ1v) is 7.27. The number of ketones is 1. The molecule has 0 N–H and O–H groups in total. The van der Waals surface area contributed by atoms with Gasteiger partial charge in [0.05, 0.1) is 31.8 Å². The van der Waals surface area contributed by atoms with Crippen molar-refractivity contribution in [1.82, 2.24) is 0 Å². The van der Waals surface area contributed by atoms with E-state index in [1.54, 1.807) is 24.3 Å². The highest BCUT2D eigenvalue weighted by Crippen LogP contribution is 2.40. The van der Waals surface area contributed by atoms with Crippen LogP contribution in [0.5, 0.6) is 17.2 Å². The van der Waals surface area contributed by atoms with Crippen molar-refractivity contribution in [3.63, 3.8) is 0 Å². The van der Waals surface area contributed by atoms with Crippen molar-refractivity contribution < 1.29 is 23.9 Å². The number of benzene rings is 2. The fourth-order valence-corrected chi connectivity index (χ4v) is 2.30. The SMILES string of the molecule is COc1ccc(C(=O)C=Cc2cccc([N+](=O)[O-])c2)c(OC)c1OC. The van der Waals surface area contributed by atoms with E-state index in [2.05, 4.69) is 0 Å². The minimum absolute atomic E-state index is 0.0432. The lowest BCUT2D eigenvalue weighted by Crippen LogP contribution is -2.02. The van der Waals surface area contributed by atoms with Crippen molar-refractivity contribution in [1.29, 1.82) is 0 Å². The number of carbonyl (C=O) groups is 1. The Kier molecular flexibility index (Phi) is 5.73. The second-order valence-electron chi connectivity index (χ2n) is 4.93. The van der Waals surface area contributed by atoms with E-state index in [9.17, 15) is 14.9 Å². The van der Waals surface area contributed by atoms with Crippen LogP contribution in [0.4, 0.5) is 5.69 Å². The minimum Gasteiger partial charge on any atom is -0.493 e. The topological polar surface area (TPSA) is 87.9 Å². The monoisotopic (exact) mass is 343 g/mol. The van der Waals surface area contributed by atoms with Gasteiger partial charge < -0.3 is 14.2 Å². The van der Waals surface area contributed by atoms with E-state index in [1.807, 2.05) is 0 Å². The molecule has 0 aliphatic carbocycles. The minimum atomic E-state index is -0.490.